The number of anilines is 1. The molecule has 0 aliphatic carbocycles. The smallest absolute Gasteiger partial charge is 0.329 e. The summed E-state index contributed by atoms with van der Waals surface area (Å²) < 4.78 is 8.08. The van der Waals surface area contributed by atoms with E-state index < -0.39 is 23.3 Å². The number of carboxylic acids is 1. The van der Waals surface area contributed by atoms with Crippen LogP contribution in [0, 0.1) is 0 Å². The first-order chi connectivity index (χ1) is 14.3. The Labute approximate surface area is 174 Å². The number of imidazole rings is 1. The lowest BCUT2D eigenvalue weighted by atomic mass is 10.3. The number of nitrogens with zero attached hydrogens (tertiary/aromatic N) is 3. The lowest BCUT2D eigenvalue weighted by Crippen LogP contribution is -2.31. The number of aliphatic hydroxyl groups is 1. The number of aliphatic carboxylic acids is 1. The number of hydrogen-bond donors (Lipinski definition) is 4. The number of halogens is 1. The Kier molecular flexibility index (Phi) is 6.43. The van der Waals surface area contributed by atoms with E-state index in [-0.39, 0.29) is 43.2 Å². The summed E-state index contributed by atoms with van der Waals surface area (Å²) >= 11 is 5.83. The van der Waals surface area contributed by atoms with Gasteiger partial charge in [-0.25, -0.2) is 4.79 Å². The molecular formula is C18H20ClN5O6. The van der Waals surface area contributed by atoms with E-state index in [1.165, 1.54) is 11.6 Å². The van der Waals surface area contributed by atoms with Crippen LogP contribution in [0.15, 0.2) is 33.9 Å². The maximum Gasteiger partial charge on any atom is 0.329 e. The fourth-order valence-electron chi connectivity index (χ4n) is 2.82. The van der Waals surface area contributed by atoms with Crippen LogP contribution in [0.3, 0.4) is 0 Å². The van der Waals surface area contributed by atoms with Gasteiger partial charge in [-0.05, 0) is 24.3 Å². The fourth-order valence-corrected chi connectivity index (χ4v) is 2.94. The van der Waals surface area contributed by atoms with Gasteiger partial charge in [0.05, 0.1) is 13.0 Å². The predicted molar refractivity (Wildman–Crippen MR) is 109 cm³/mol. The van der Waals surface area contributed by atoms with Gasteiger partial charge < -0.3 is 24.8 Å². The molecule has 0 bridgehead atoms. The number of rotatable bonds is 9. The van der Waals surface area contributed by atoms with Crippen LogP contribution in [0.25, 0.3) is 11.2 Å². The van der Waals surface area contributed by atoms with Crippen LogP contribution in [0.5, 0.6) is 5.75 Å². The molecule has 3 rings (SSSR count). The number of ether oxygens (including phenoxy) is 1. The number of aromatic amines is 1. The second-order valence-corrected chi connectivity index (χ2v) is 6.96. The Hall–Kier alpha value is -3.31. The van der Waals surface area contributed by atoms with E-state index in [2.05, 4.69) is 15.3 Å². The second kappa shape index (κ2) is 9.01. The highest BCUT2D eigenvalue weighted by atomic mass is 35.5. The third kappa shape index (κ3) is 4.81. The molecule has 0 saturated carbocycles. The molecule has 1 atom stereocenters. The highest BCUT2D eigenvalue weighted by Gasteiger charge is 2.20. The molecule has 0 spiro atoms. The predicted octanol–water partition coefficient (Wildman–Crippen LogP) is 0.403. The minimum Gasteiger partial charge on any atom is -0.491 e. The maximum atomic E-state index is 12.4. The van der Waals surface area contributed by atoms with Crippen LogP contribution < -0.4 is 21.3 Å². The van der Waals surface area contributed by atoms with Gasteiger partial charge in [-0.2, -0.15) is 4.98 Å². The number of hydrogen-bond acceptors (Lipinski definition) is 7. The summed E-state index contributed by atoms with van der Waals surface area (Å²) in [7, 11) is 1.44. The van der Waals surface area contributed by atoms with Crippen molar-refractivity contribution in [2.75, 3.05) is 18.5 Å². The number of aryl methyl sites for hydroxylation is 1. The van der Waals surface area contributed by atoms with Crippen molar-refractivity contribution in [3.05, 3.63) is 50.1 Å². The zero-order chi connectivity index (χ0) is 21.8. The third-order valence-corrected chi connectivity index (χ3v) is 4.53. The van der Waals surface area contributed by atoms with E-state index in [4.69, 9.17) is 21.4 Å². The summed E-state index contributed by atoms with van der Waals surface area (Å²) in [5.41, 5.74) is -1.13. The Balaban J connectivity index is 1.86. The van der Waals surface area contributed by atoms with Crippen LogP contribution >= 0.6 is 11.6 Å². The maximum absolute atomic E-state index is 12.4. The van der Waals surface area contributed by atoms with Crippen molar-refractivity contribution in [2.24, 2.45) is 7.05 Å². The molecular weight excluding hydrogens is 418 g/mol. The normalized spacial score (nSPS) is 12.1. The highest BCUT2D eigenvalue weighted by molar-refractivity contribution is 6.30. The average molecular weight is 438 g/mol. The Morgan fingerprint density at radius 3 is 2.70 bits per heavy atom. The van der Waals surface area contributed by atoms with E-state index in [9.17, 15) is 19.5 Å². The number of aliphatic hydroxyl groups excluding tert-OH is 1. The van der Waals surface area contributed by atoms with Crippen molar-refractivity contribution < 1.29 is 19.7 Å². The van der Waals surface area contributed by atoms with Crippen LogP contribution in [0.2, 0.25) is 5.02 Å². The Morgan fingerprint density at radius 2 is 2.03 bits per heavy atom. The molecule has 0 amide bonds. The molecule has 30 heavy (non-hydrogen) atoms. The lowest BCUT2D eigenvalue weighted by molar-refractivity contribution is -0.136. The van der Waals surface area contributed by atoms with Crippen molar-refractivity contribution in [3.63, 3.8) is 0 Å². The van der Waals surface area contributed by atoms with E-state index in [1.54, 1.807) is 24.3 Å². The summed E-state index contributed by atoms with van der Waals surface area (Å²) in [5.74, 6) is -0.343. The molecule has 2 aromatic heterocycles. The van der Waals surface area contributed by atoms with Crippen molar-refractivity contribution >= 4 is 34.7 Å². The van der Waals surface area contributed by atoms with Crippen LogP contribution in [0.4, 0.5) is 5.95 Å². The minimum atomic E-state index is -1.03. The monoisotopic (exact) mass is 437 g/mol. The number of fused-ring (bicyclic) bond motifs is 1. The number of benzene rings is 1. The van der Waals surface area contributed by atoms with E-state index in [0.717, 1.165) is 4.57 Å². The largest absolute Gasteiger partial charge is 0.491 e. The van der Waals surface area contributed by atoms with Gasteiger partial charge in [-0.3, -0.25) is 19.1 Å². The summed E-state index contributed by atoms with van der Waals surface area (Å²) in [6.45, 7) is -0.123. The minimum absolute atomic E-state index is 0.0435. The molecule has 160 valence electrons. The summed E-state index contributed by atoms with van der Waals surface area (Å²) in [4.78, 5) is 41.5. The molecule has 0 fully saturated rings. The van der Waals surface area contributed by atoms with Crippen LogP contribution in [0.1, 0.15) is 6.42 Å². The Bertz CT molecular complexity index is 1170. The molecule has 1 unspecified atom stereocenters. The van der Waals surface area contributed by atoms with Crippen molar-refractivity contribution in [1.82, 2.24) is 19.1 Å². The molecule has 0 radical (unpaired) electrons. The van der Waals surface area contributed by atoms with Gasteiger partial charge in [0.1, 0.15) is 18.5 Å². The van der Waals surface area contributed by atoms with Gasteiger partial charge >= 0.3 is 11.7 Å². The lowest BCUT2D eigenvalue weighted by Gasteiger charge is -2.15. The van der Waals surface area contributed by atoms with Crippen molar-refractivity contribution in [2.45, 2.75) is 19.1 Å². The van der Waals surface area contributed by atoms with Crippen molar-refractivity contribution in [1.29, 1.82) is 0 Å². The van der Waals surface area contributed by atoms with Gasteiger partial charge in [-0.1, -0.05) is 11.6 Å². The van der Waals surface area contributed by atoms with Crippen LogP contribution in [-0.4, -0.2) is 54.5 Å². The van der Waals surface area contributed by atoms with Gasteiger partial charge in [0, 0.05) is 18.6 Å². The molecule has 4 N–H and O–H groups in total. The SMILES string of the molecule is Cn1c(=O)[nH]c(=O)c2c1nc(NCCC(=O)O)n2CC(O)COc1ccc(Cl)cc1. The quantitative estimate of drug-likeness (QED) is 0.375. The van der Waals surface area contributed by atoms with Gasteiger partial charge in [-0.15, -0.1) is 0 Å². The van der Waals surface area contributed by atoms with Gasteiger partial charge in [0.25, 0.3) is 5.56 Å². The summed E-state index contributed by atoms with van der Waals surface area (Å²) in [6, 6.07) is 6.61. The first kappa shape index (κ1) is 21.4. The zero-order valence-electron chi connectivity index (χ0n) is 16.0. The first-order valence-electron chi connectivity index (χ1n) is 8.98. The van der Waals surface area contributed by atoms with E-state index in [1.807, 2.05) is 0 Å². The highest BCUT2D eigenvalue weighted by Crippen LogP contribution is 2.18. The molecule has 0 aliphatic heterocycles. The first-order valence-corrected chi connectivity index (χ1v) is 9.35. The molecule has 0 saturated heterocycles. The fraction of sp³-hybridized carbons (Fsp3) is 0.333. The number of carboxylic acid groups (broad SMARTS) is 1. The molecule has 2 heterocycles. The summed E-state index contributed by atoms with van der Waals surface area (Å²) in [6.07, 6.45) is -1.21. The van der Waals surface area contributed by atoms with Gasteiger partial charge in [0.15, 0.2) is 11.2 Å². The second-order valence-electron chi connectivity index (χ2n) is 6.53. The number of aromatic nitrogens is 4. The molecule has 11 nitrogen and oxygen atoms in total. The standard InChI is InChI=1S/C18H20ClN5O6/c1-23-15-14(16(28)22-18(23)29)24(17(21-15)20-7-6-13(26)27)8-11(25)9-30-12-4-2-10(19)3-5-12/h2-5,11,25H,6-9H2,1H3,(H,20,21)(H,26,27)(H,22,28,29). The Morgan fingerprint density at radius 1 is 1.33 bits per heavy atom. The topological polar surface area (TPSA) is 151 Å². The third-order valence-electron chi connectivity index (χ3n) is 4.28. The molecule has 0 aliphatic rings. The van der Waals surface area contributed by atoms with Gasteiger partial charge in [0.2, 0.25) is 5.95 Å². The van der Waals surface area contributed by atoms with Crippen LogP contribution in [-0.2, 0) is 18.4 Å². The number of nitrogens with one attached hydrogen (secondary N) is 2. The molecule has 3 aromatic rings. The molecule has 1 aromatic carbocycles. The number of H-pyrrole nitrogens is 1. The average Bonchev–Trinajstić information content (AvgIpc) is 3.04. The van der Waals surface area contributed by atoms with Crippen molar-refractivity contribution in [3.8, 4) is 5.75 Å². The van der Waals surface area contributed by atoms with E-state index >= 15 is 0 Å². The molecule has 12 heteroatoms. The summed E-state index contributed by atoms with van der Waals surface area (Å²) in [5, 5.41) is 22.7. The number of carbonyl (C=O) groups is 1. The van der Waals surface area contributed by atoms with E-state index in [0.29, 0.717) is 10.8 Å². The zero-order valence-corrected chi connectivity index (χ0v) is 16.7.